The molecule has 0 radical (unpaired) electrons. The number of benzene rings is 1. The van der Waals surface area contributed by atoms with Crippen molar-refractivity contribution >= 4 is 11.6 Å². The van der Waals surface area contributed by atoms with E-state index in [-0.39, 0.29) is 11.7 Å². The Morgan fingerprint density at radius 3 is 2.91 bits per heavy atom. The van der Waals surface area contributed by atoms with E-state index in [1.54, 1.807) is 12.1 Å². The zero-order valence-corrected chi connectivity index (χ0v) is 12.7. The first-order valence-corrected chi connectivity index (χ1v) is 7.93. The summed E-state index contributed by atoms with van der Waals surface area (Å²) in [5, 5.41) is 6.12. The second-order valence-electron chi connectivity index (χ2n) is 6.02. The molecule has 0 aromatic heterocycles. The van der Waals surface area contributed by atoms with E-state index in [0.29, 0.717) is 18.3 Å². The lowest BCUT2D eigenvalue weighted by atomic mass is 10.2. The lowest BCUT2D eigenvalue weighted by Crippen LogP contribution is -2.49. The van der Waals surface area contributed by atoms with Crippen LogP contribution in [-0.2, 0) is 4.79 Å². The number of nitrogens with zero attached hydrogens (tertiary/aromatic N) is 2. The van der Waals surface area contributed by atoms with Crippen LogP contribution in [0.25, 0.3) is 0 Å². The fourth-order valence-electron chi connectivity index (χ4n) is 3.27. The number of likely N-dealkylation sites (tertiary alicyclic amines) is 1. The Kier molecular flexibility index (Phi) is 5.02. The number of halogens is 1. The topological polar surface area (TPSA) is 47.6 Å². The smallest absolute Gasteiger partial charge is 0.238 e. The Morgan fingerprint density at radius 1 is 1.32 bits per heavy atom. The van der Waals surface area contributed by atoms with Crippen LogP contribution in [0.1, 0.15) is 6.42 Å². The van der Waals surface area contributed by atoms with Crippen molar-refractivity contribution in [2.24, 2.45) is 0 Å². The monoisotopic (exact) mass is 306 g/mol. The Labute approximate surface area is 130 Å². The van der Waals surface area contributed by atoms with Crippen LogP contribution in [0.3, 0.4) is 0 Å². The van der Waals surface area contributed by atoms with Crippen molar-refractivity contribution < 1.29 is 9.18 Å². The number of rotatable bonds is 4. The molecule has 0 bridgehead atoms. The van der Waals surface area contributed by atoms with Crippen molar-refractivity contribution in [1.29, 1.82) is 0 Å². The van der Waals surface area contributed by atoms with Gasteiger partial charge < -0.3 is 10.6 Å². The molecule has 5 nitrogen and oxygen atoms in total. The first kappa shape index (κ1) is 15.4. The van der Waals surface area contributed by atoms with Gasteiger partial charge >= 0.3 is 0 Å². The van der Waals surface area contributed by atoms with E-state index in [4.69, 9.17) is 0 Å². The van der Waals surface area contributed by atoms with Gasteiger partial charge in [0.05, 0.1) is 6.54 Å². The van der Waals surface area contributed by atoms with Crippen LogP contribution in [0.2, 0.25) is 0 Å². The van der Waals surface area contributed by atoms with Crippen LogP contribution in [0.4, 0.5) is 10.1 Å². The van der Waals surface area contributed by atoms with Gasteiger partial charge in [-0.2, -0.15) is 0 Å². The molecular formula is C16H23FN4O. The summed E-state index contributed by atoms with van der Waals surface area (Å²) in [7, 11) is 0. The number of hydrogen-bond donors (Lipinski definition) is 2. The van der Waals surface area contributed by atoms with Gasteiger partial charge in [-0.3, -0.25) is 14.6 Å². The van der Waals surface area contributed by atoms with Crippen LogP contribution >= 0.6 is 0 Å². The Hall–Kier alpha value is -1.50. The molecule has 0 saturated carbocycles. The Bertz CT molecular complexity index is 519. The quantitative estimate of drug-likeness (QED) is 0.861. The molecule has 2 heterocycles. The summed E-state index contributed by atoms with van der Waals surface area (Å²) in [5.41, 5.74) is 0.517. The summed E-state index contributed by atoms with van der Waals surface area (Å²) < 4.78 is 13.1. The first-order chi connectivity index (χ1) is 10.7. The standard InChI is InChI=1S/C16H23FN4O/c17-13-2-1-3-14(10-13)19-16(22)12-20-7-4-15(11-20)21-8-5-18-6-9-21/h1-3,10,15,18H,4-9,11-12H2,(H,19,22). The highest BCUT2D eigenvalue weighted by Gasteiger charge is 2.29. The molecule has 1 amide bonds. The zero-order valence-electron chi connectivity index (χ0n) is 12.7. The second kappa shape index (κ2) is 7.17. The van der Waals surface area contributed by atoms with E-state index in [9.17, 15) is 9.18 Å². The minimum absolute atomic E-state index is 0.0773. The van der Waals surface area contributed by atoms with E-state index >= 15 is 0 Å². The van der Waals surface area contributed by atoms with Crippen LogP contribution in [0.5, 0.6) is 0 Å². The molecule has 2 fully saturated rings. The van der Waals surface area contributed by atoms with E-state index in [0.717, 1.165) is 45.7 Å². The molecule has 1 atom stereocenters. The average Bonchev–Trinajstić information content (AvgIpc) is 2.96. The molecule has 1 aromatic rings. The van der Waals surface area contributed by atoms with Crippen molar-refractivity contribution in [2.45, 2.75) is 12.5 Å². The molecular weight excluding hydrogens is 283 g/mol. The fourth-order valence-corrected chi connectivity index (χ4v) is 3.27. The highest BCUT2D eigenvalue weighted by atomic mass is 19.1. The number of amides is 1. The summed E-state index contributed by atoms with van der Waals surface area (Å²) in [6.07, 6.45) is 1.12. The third-order valence-electron chi connectivity index (χ3n) is 4.39. The highest BCUT2D eigenvalue weighted by molar-refractivity contribution is 5.92. The van der Waals surface area contributed by atoms with Crippen molar-refractivity contribution in [1.82, 2.24) is 15.1 Å². The van der Waals surface area contributed by atoms with Crippen LogP contribution < -0.4 is 10.6 Å². The molecule has 2 N–H and O–H groups in total. The molecule has 1 aromatic carbocycles. The van der Waals surface area contributed by atoms with Crippen molar-refractivity contribution in [3.63, 3.8) is 0 Å². The predicted molar refractivity (Wildman–Crippen MR) is 84.3 cm³/mol. The van der Waals surface area contributed by atoms with E-state index in [1.807, 2.05) is 0 Å². The van der Waals surface area contributed by atoms with Crippen LogP contribution in [0, 0.1) is 5.82 Å². The molecule has 2 aliphatic heterocycles. The third-order valence-corrected chi connectivity index (χ3v) is 4.39. The fraction of sp³-hybridized carbons (Fsp3) is 0.562. The summed E-state index contributed by atoms with van der Waals surface area (Å²) in [4.78, 5) is 16.8. The molecule has 120 valence electrons. The Morgan fingerprint density at radius 2 is 2.14 bits per heavy atom. The summed E-state index contributed by atoms with van der Waals surface area (Å²) in [5.74, 6) is -0.413. The molecule has 0 aliphatic carbocycles. The number of nitrogens with one attached hydrogen (secondary N) is 2. The maximum absolute atomic E-state index is 13.1. The zero-order chi connectivity index (χ0) is 15.4. The lowest BCUT2D eigenvalue weighted by Gasteiger charge is -2.32. The molecule has 22 heavy (non-hydrogen) atoms. The molecule has 0 spiro atoms. The number of anilines is 1. The van der Waals surface area contributed by atoms with Crippen molar-refractivity contribution in [3.8, 4) is 0 Å². The minimum Gasteiger partial charge on any atom is -0.325 e. The van der Waals surface area contributed by atoms with Crippen LogP contribution in [-0.4, -0.2) is 67.6 Å². The average molecular weight is 306 g/mol. The van der Waals surface area contributed by atoms with Gasteiger partial charge in [0.1, 0.15) is 5.82 Å². The van der Waals surface area contributed by atoms with Gasteiger partial charge in [0.2, 0.25) is 5.91 Å². The summed E-state index contributed by atoms with van der Waals surface area (Å²) in [6, 6.07) is 6.57. The largest absolute Gasteiger partial charge is 0.325 e. The number of carbonyl (C=O) groups is 1. The van der Waals surface area contributed by atoms with Crippen LogP contribution in [0.15, 0.2) is 24.3 Å². The van der Waals surface area contributed by atoms with Gasteiger partial charge in [0.25, 0.3) is 0 Å². The van der Waals surface area contributed by atoms with Gasteiger partial charge in [-0.05, 0) is 24.6 Å². The maximum Gasteiger partial charge on any atom is 0.238 e. The van der Waals surface area contributed by atoms with Gasteiger partial charge in [0.15, 0.2) is 0 Å². The van der Waals surface area contributed by atoms with E-state index in [1.165, 1.54) is 12.1 Å². The molecule has 6 heteroatoms. The minimum atomic E-state index is -0.335. The lowest BCUT2D eigenvalue weighted by molar-refractivity contribution is -0.117. The van der Waals surface area contributed by atoms with Crippen molar-refractivity contribution in [2.75, 3.05) is 51.1 Å². The first-order valence-electron chi connectivity index (χ1n) is 7.93. The summed E-state index contributed by atoms with van der Waals surface area (Å²) in [6.45, 7) is 6.55. The summed E-state index contributed by atoms with van der Waals surface area (Å²) >= 11 is 0. The number of carbonyl (C=O) groups excluding carboxylic acids is 1. The normalized spacial score (nSPS) is 23.6. The number of piperazine rings is 1. The van der Waals surface area contributed by atoms with E-state index < -0.39 is 0 Å². The maximum atomic E-state index is 13.1. The SMILES string of the molecule is O=C(CN1CCC(N2CCNCC2)C1)Nc1cccc(F)c1. The molecule has 2 aliphatic rings. The molecule has 3 rings (SSSR count). The van der Waals surface area contributed by atoms with Crippen molar-refractivity contribution in [3.05, 3.63) is 30.1 Å². The highest BCUT2D eigenvalue weighted by Crippen LogP contribution is 2.16. The van der Waals surface area contributed by atoms with E-state index in [2.05, 4.69) is 20.4 Å². The number of hydrogen-bond acceptors (Lipinski definition) is 4. The predicted octanol–water partition coefficient (Wildman–Crippen LogP) is 0.744. The van der Waals surface area contributed by atoms with Gasteiger partial charge in [-0.25, -0.2) is 4.39 Å². The molecule has 2 saturated heterocycles. The second-order valence-corrected chi connectivity index (χ2v) is 6.02. The Balaban J connectivity index is 1.46. The van der Waals surface area contributed by atoms with Gasteiger partial charge in [0, 0.05) is 51.0 Å². The molecule has 1 unspecified atom stereocenters. The van der Waals surface area contributed by atoms with Gasteiger partial charge in [-0.1, -0.05) is 6.07 Å². The van der Waals surface area contributed by atoms with Gasteiger partial charge in [-0.15, -0.1) is 0 Å². The third kappa shape index (κ3) is 4.03.